The Morgan fingerprint density at radius 3 is 2.71 bits per heavy atom. The SMILES string of the molecule is COc1cc(CN)c(C(F)F)c(=O)[nH]1. The van der Waals surface area contributed by atoms with Crippen molar-refractivity contribution in [2.75, 3.05) is 7.11 Å². The number of hydrogen-bond donors (Lipinski definition) is 2. The van der Waals surface area contributed by atoms with Crippen molar-refractivity contribution in [2.45, 2.75) is 13.0 Å². The summed E-state index contributed by atoms with van der Waals surface area (Å²) < 4.78 is 29.5. The Hall–Kier alpha value is -1.43. The zero-order chi connectivity index (χ0) is 10.7. The van der Waals surface area contributed by atoms with E-state index in [2.05, 4.69) is 4.98 Å². The molecule has 0 aliphatic rings. The van der Waals surface area contributed by atoms with Crippen molar-refractivity contribution >= 4 is 0 Å². The van der Waals surface area contributed by atoms with Crippen LogP contribution >= 0.6 is 0 Å². The second kappa shape index (κ2) is 4.19. The number of hydrogen-bond acceptors (Lipinski definition) is 3. The fourth-order valence-corrected chi connectivity index (χ4v) is 1.12. The average molecular weight is 204 g/mol. The number of methoxy groups -OCH3 is 1. The van der Waals surface area contributed by atoms with E-state index in [1.807, 2.05) is 0 Å². The van der Waals surface area contributed by atoms with E-state index < -0.39 is 17.5 Å². The highest BCUT2D eigenvalue weighted by molar-refractivity contribution is 5.30. The monoisotopic (exact) mass is 204 g/mol. The molecule has 0 fully saturated rings. The summed E-state index contributed by atoms with van der Waals surface area (Å²) in [5.74, 6) is 0.125. The number of H-pyrrole nitrogens is 1. The summed E-state index contributed by atoms with van der Waals surface area (Å²) in [4.78, 5) is 13.3. The minimum Gasteiger partial charge on any atom is -0.482 e. The van der Waals surface area contributed by atoms with E-state index in [1.165, 1.54) is 13.2 Å². The molecule has 0 aliphatic heterocycles. The molecule has 1 rings (SSSR count). The minimum absolute atomic E-state index is 0.0978. The molecule has 4 nitrogen and oxygen atoms in total. The van der Waals surface area contributed by atoms with Crippen molar-refractivity contribution in [3.05, 3.63) is 27.5 Å². The highest BCUT2D eigenvalue weighted by Gasteiger charge is 2.17. The molecular weight excluding hydrogens is 194 g/mol. The number of halogens is 2. The molecule has 0 unspecified atom stereocenters. The molecule has 0 atom stereocenters. The number of aromatic nitrogens is 1. The van der Waals surface area contributed by atoms with Crippen molar-refractivity contribution < 1.29 is 13.5 Å². The van der Waals surface area contributed by atoms with E-state index in [0.717, 1.165) is 0 Å². The molecule has 0 saturated carbocycles. The van der Waals surface area contributed by atoms with Crippen LogP contribution in [-0.2, 0) is 6.54 Å². The van der Waals surface area contributed by atoms with E-state index in [1.54, 1.807) is 0 Å². The minimum atomic E-state index is -2.83. The van der Waals surface area contributed by atoms with E-state index in [4.69, 9.17) is 10.5 Å². The first-order chi connectivity index (χ1) is 6.60. The fourth-order valence-electron chi connectivity index (χ4n) is 1.12. The molecule has 0 radical (unpaired) electrons. The van der Waals surface area contributed by atoms with Crippen molar-refractivity contribution in [3.8, 4) is 5.88 Å². The molecule has 78 valence electrons. The van der Waals surface area contributed by atoms with Gasteiger partial charge in [0.15, 0.2) is 5.88 Å². The third-order valence-electron chi connectivity index (χ3n) is 1.79. The Labute approximate surface area is 78.7 Å². The molecule has 0 aliphatic carbocycles. The molecule has 0 spiro atoms. The van der Waals surface area contributed by atoms with E-state index in [9.17, 15) is 13.6 Å². The zero-order valence-corrected chi connectivity index (χ0v) is 7.51. The van der Waals surface area contributed by atoms with Gasteiger partial charge in [-0.3, -0.25) is 9.78 Å². The average Bonchev–Trinajstić information content (AvgIpc) is 2.15. The van der Waals surface area contributed by atoms with Gasteiger partial charge >= 0.3 is 0 Å². The van der Waals surface area contributed by atoms with Crippen LogP contribution in [0, 0.1) is 0 Å². The first-order valence-corrected chi connectivity index (χ1v) is 3.88. The predicted molar refractivity (Wildman–Crippen MR) is 46.5 cm³/mol. The number of rotatable bonds is 3. The van der Waals surface area contributed by atoms with Gasteiger partial charge in [0.1, 0.15) is 0 Å². The van der Waals surface area contributed by atoms with E-state index >= 15 is 0 Å². The number of pyridine rings is 1. The lowest BCUT2D eigenvalue weighted by Gasteiger charge is -2.07. The van der Waals surface area contributed by atoms with Gasteiger partial charge in [0.2, 0.25) is 0 Å². The molecule has 0 amide bonds. The number of aromatic amines is 1. The van der Waals surface area contributed by atoms with Gasteiger partial charge in [-0.05, 0) is 5.56 Å². The van der Waals surface area contributed by atoms with Crippen LogP contribution in [0.5, 0.6) is 5.88 Å². The van der Waals surface area contributed by atoms with Crippen LogP contribution in [-0.4, -0.2) is 12.1 Å². The molecule has 3 N–H and O–H groups in total. The van der Waals surface area contributed by atoms with Gasteiger partial charge in [-0.15, -0.1) is 0 Å². The van der Waals surface area contributed by atoms with Crippen LogP contribution < -0.4 is 16.0 Å². The number of ether oxygens (including phenoxy) is 1. The second-order valence-corrected chi connectivity index (χ2v) is 2.61. The molecule has 14 heavy (non-hydrogen) atoms. The van der Waals surface area contributed by atoms with Gasteiger partial charge in [0.05, 0.1) is 12.7 Å². The summed E-state index contributed by atoms with van der Waals surface area (Å²) in [5.41, 5.74) is 3.89. The standard InChI is InChI=1S/C8H10F2N2O2/c1-14-5-2-4(3-11)6(7(9)10)8(13)12-5/h2,7H,3,11H2,1H3,(H,12,13). The van der Waals surface area contributed by atoms with Crippen molar-refractivity contribution in [3.63, 3.8) is 0 Å². The maximum Gasteiger partial charge on any atom is 0.269 e. The lowest BCUT2D eigenvalue weighted by atomic mass is 10.1. The van der Waals surface area contributed by atoms with Gasteiger partial charge in [0, 0.05) is 12.6 Å². The first-order valence-electron chi connectivity index (χ1n) is 3.88. The van der Waals surface area contributed by atoms with Gasteiger partial charge in [0.25, 0.3) is 12.0 Å². The summed E-state index contributed by atoms with van der Waals surface area (Å²) in [6, 6.07) is 1.29. The Morgan fingerprint density at radius 1 is 1.64 bits per heavy atom. The van der Waals surface area contributed by atoms with Gasteiger partial charge in [-0.25, -0.2) is 8.78 Å². The van der Waals surface area contributed by atoms with Crippen LogP contribution in [0.2, 0.25) is 0 Å². The Kier molecular flexibility index (Phi) is 3.19. The van der Waals surface area contributed by atoms with Crippen LogP contribution in [0.3, 0.4) is 0 Å². The van der Waals surface area contributed by atoms with E-state index in [0.29, 0.717) is 0 Å². The highest BCUT2D eigenvalue weighted by Crippen LogP contribution is 2.20. The maximum atomic E-state index is 12.4. The van der Waals surface area contributed by atoms with Crippen LogP contribution in [0.1, 0.15) is 17.6 Å². The first kappa shape index (κ1) is 10.6. The van der Waals surface area contributed by atoms with Crippen molar-refractivity contribution in [1.82, 2.24) is 4.98 Å². The van der Waals surface area contributed by atoms with E-state index in [-0.39, 0.29) is 18.0 Å². The van der Waals surface area contributed by atoms with Crippen LogP contribution in [0.25, 0.3) is 0 Å². The molecule has 0 saturated heterocycles. The third kappa shape index (κ3) is 1.90. The van der Waals surface area contributed by atoms with Crippen molar-refractivity contribution in [1.29, 1.82) is 0 Å². The number of alkyl halides is 2. The van der Waals surface area contributed by atoms with Gasteiger partial charge in [-0.1, -0.05) is 0 Å². The third-order valence-corrected chi connectivity index (χ3v) is 1.79. The summed E-state index contributed by atoms with van der Waals surface area (Å²) in [7, 11) is 1.33. The summed E-state index contributed by atoms with van der Waals surface area (Å²) in [6.45, 7) is -0.125. The topological polar surface area (TPSA) is 68.1 Å². The Balaban J connectivity index is 3.35. The molecule has 1 aromatic rings. The predicted octanol–water partition coefficient (Wildman–Crippen LogP) is 0.780. The van der Waals surface area contributed by atoms with Crippen LogP contribution in [0.4, 0.5) is 8.78 Å². The van der Waals surface area contributed by atoms with Gasteiger partial charge < -0.3 is 10.5 Å². The second-order valence-electron chi connectivity index (χ2n) is 2.61. The Bertz CT molecular complexity index is 376. The summed E-state index contributed by atoms with van der Waals surface area (Å²) in [6.07, 6.45) is -2.83. The van der Waals surface area contributed by atoms with Crippen molar-refractivity contribution in [2.24, 2.45) is 5.73 Å². The summed E-state index contributed by atoms with van der Waals surface area (Å²) in [5, 5.41) is 0. The maximum absolute atomic E-state index is 12.4. The molecule has 1 aromatic heterocycles. The highest BCUT2D eigenvalue weighted by atomic mass is 19.3. The smallest absolute Gasteiger partial charge is 0.269 e. The molecule has 0 bridgehead atoms. The lowest BCUT2D eigenvalue weighted by molar-refractivity contribution is 0.148. The molecular formula is C8H10F2N2O2. The molecule has 6 heteroatoms. The quantitative estimate of drug-likeness (QED) is 0.764. The molecule has 1 heterocycles. The van der Waals surface area contributed by atoms with Crippen LogP contribution in [0.15, 0.2) is 10.9 Å². The zero-order valence-electron chi connectivity index (χ0n) is 7.51. The Morgan fingerprint density at radius 2 is 2.29 bits per heavy atom. The largest absolute Gasteiger partial charge is 0.482 e. The lowest BCUT2D eigenvalue weighted by Crippen LogP contribution is -2.18. The normalized spacial score (nSPS) is 10.6. The fraction of sp³-hybridized carbons (Fsp3) is 0.375. The summed E-state index contributed by atoms with van der Waals surface area (Å²) >= 11 is 0. The number of nitrogens with one attached hydrogen (secondary N) is 1. The van der Waals surface area contributed by atoms with Gasteiger partial charge in [-0.2, -0.15) is 0 Å². The molecule has 0 aromatic carbocycles. The number of nitrogens with two attached hydrogens (primary N) is 1.